The van der Waals surface area contributed by atoms with Gasteiger partial charge in [0, 0.05) is 13.0 Å². The number of carbonyl (C=O) groups excluding carboxylic acids is 2. The van der Waals surface area contributed by atoms with E-state index in [2.05, 4.69) is 31.3 Å². The SMILES string of the molecule is CC.CC(C)c1ccc(CNC(=O)C(N)CCC(N)=O)cc1. The van der Waals surface area contributed by atoms with Gasteiger partial charge in [0.25, 0.3) is 0 Å². The van der Waals surface area contributed by atoms with Gasteiger partial charge in [-0.25, -0.2) is 0 Å². The van der Waals surface area contributed by atoms with Gasteiger partial charge < -0.3 is 16.8 Å². The average Bonchev–Trinajstić information content (AvgIpc) is 2.52. The van der Waals surface area contributed by atoms with E-state index in [1.165, 1.54) is 5.56 Å². The summed E-state index contributed by atoms with van der Waals surface area (Å²) in [5, 5.41) is 2.76. The van der Waals surface area contributed by atoms with Gasteiger partial charge in [0.05, 0.1) is 6.04 Å². The molecule has 0 saturated heterocycles. The maximum absolute atomic E-state index is 11.7. The zero-order chi connectivity index (χ0) is 17.1. The second kappa shape index (κ2) is 10.8. The van der Waals surface area contributed by atoms with Gasteiger partial charge in [0.2, 0.25) is 11.8 Å². The molecule has 5 N–H and O–H groups in total. The van der Waals surface area contributed by atoms with Crippen molar-refractivity contribution in [1.29, 1.82) is 0 Å². The van der Waals surface area contributed by atoms with Crippen LogP contribution >= 0.6 is 0 Å². The van der Waals surface area contributed by atoms with E-state index in [4.69, 9.17) is 11.5 Å². The molecule has 0 spiro atoms. The summed E-state index contributed by atoms with van der Waals surface area (Å²) in [5.74, 6) is -0.224. The molecule has 0 bridgehead atoms. The molecule has 124 valence electrons. The van der Waals surface area contributed by atoms with Gasteiger partial charge in [-0.15, -0.1) is 0 Å². The number of nitrogens with one attached hydrogen (secondary N) is 1. The van der Waals surface area contributed by atoms with Crippen LogP contribution in [-0.2, 0) is 16.1 Å². The Bertz CT molecular complexity index is 455. The largest absolute Gasteiger partial charge is 0.370 e. The lowest BCUT2D eigenvalue weighted by Crippen LogP contribution is -2.40. The number of carbonyl (C=O) groups is 2. The molecule has 5 nitrogen and oxygen atoms in total. The summed E-state index contributed by atoms with van der Waals surface area (Å²) in [7, 11) is 0. The smallest absolute Gasteiger partial charge is 0.237 e. The minimum atomic E-state index is -0.697. The summed E-state index contributed by atoms with van der Waals surface area (Å²) in [5.41, 5.74) is 13.0. The molecule has 1 aromatic rings. The van der Waals surface area contributed by atoms with Crippen LogP contribution in [0, 0.1) is 0 Å². The molecular weight excluding hydrogens is 278 g/mol. The summed E-state index contributed by atoms with van der Waals surface area (Å²) < 4.78 is 0. The minimum absolute atomic E-state index is 0.123. The number of rotatable bonds is 7. The number of hydrogen-bond donors (Lipinski definition) is 3. The van der Waals surface area contributed by atoms with Crippen molar-refractivity contribution >= 4 is 11.8 Å². The lowest BCUT2D eigenvalue weighted by molar-refractivity contribution is -0.123. The molecule has 0 fully saturated rings. The van der Waals surface area contributed by atoms with Crippen LogP contribution in [0.3, 0.4) is 0 Å². The Balaban J connectivity index is 0.00000211. The fourth-order valence-corrected chi connectivity index (χ4v) is 1.77. The summed E-state index contributed by atoms with van der Waals surface area (Å²) in [6, 6.07) is 7.39. The van der Waals surface area contributed by atoms with E-state index in [1.807, 2.05) is 26.0 Å². The van der Waals surface area contributed by atoms with Crippen LogP contribution in [-0.4, -0.2) is 17.9 Å². The molecule has 0 heterocycles. The van der Waals surface area contributed by atoms with E-state index >= 15 is 0 Å². The number of hydrogen-bond acceptors (Lipinski definition) is 3. The van der Waals surface area contributed by atoms with Gasteiger partial charge >= 0.3 is 0 Å². The van der Waals surface area contributed by atoms with Crippen molar-refractivity contribution in [2.24, 2.45) is 11.5 Å². The molecule has 1 unspecified atom stereocenters. The molecule has 5 heteroatoms. The highest BCUT2D eigenvalue weighted by Gasteiger charge is 2.13. The fraction of sp³-hybridized carbons (Fsp3) is 0.529. The molecule has 22 heavy (non-hydrogen) atoms. The predicted octanol–water partition coefficient (Wildman–Crippen LogP) is 2.05. The Kier molecular flexibility index (Phi) is 9.87. The third kappa shape index (κ3) is 7.78. The van der Waals surface area contributed by atoms with Crippen molar-refractivity contribution in [3.63, 3.8) is 0 Å². The normalized spacial score (nSPS) is 11.4. The van der Waals surface area contributed by atoms with Crippen molar-refractivity contribution in [2.75, 3.05) is 0 Å². The van der Waals surface area contributed by atoms with Gasteiger partial charge in [-0.3, -0.25) is 9.59 Å². The third-order valence-electron chi connectivity index (χ3n) is 3.15. The molecule has 0 aliphatic carbocycles. The van der Waals surface area contributed by atoms with Crippen LogP contribution < -0.4 is 16.8 Å². The summed E-state index contributed by atoms with van der Waals surface area (Å²) in [6.07, 6.45) is 0.394. The van der Waals surface area contributed by atoms with Crippen molar-refractivity contribution < 1.29 is 9.59 Å². The Labute approximate surface area is 133 Å². The zero-order valence-electron chi connectivity index (χ0n) is 14.1. The lowest BCUT2D eigenvalue weighted by atomic mass is 10.0. The Morgan fingerprint density at radius 1 is 1.14 bits per heavy atom. The van der Waals surface area contributed by atoms with Gasteiger partial charge in [0.1, 0.15) is 0 Å². The highest BCUT2D eigenvalue weighted by molar-refractivity contribution is 5.82. The summed E-state index contributed by atoms with van der Waals surface area (Å²) in [6.45, 7) is 8.70. The molecule has 0 aliphatic rings. The highest BCUT2D eigenvalue weighted by Crippen LogP contribution is 2.14. The van der Waals surface area contributed by atoms with E-state index in [9.17, 15) is 9.59 Å². The topological polar surface area (TPSA) is 98.2 Å². The van der Waals surface area contributed by atoms with E-state index in [0.29, 0.717) is 12.5 Å². The fourth-order valence-electron chi connectivity index (χ4n) is 1.77. The van der Waals surface area contributed by atoms with Crippen molar-refractivity contribution in [3.05, 3.63) is 35.4 Å². The summed E-state index contributed by atoms with van der Waals surface area (Å²) in [4.78, 5) is 22.3. The molecular formula is C17H29N3O2. The number of benzene rings is 1. The maximum Gasteiger partial charge on any atom is 0.237 e. The molecule has 1 aromatic carbocycles. The Hall–Kier alpha value is -1.88. The molecule has 0 aromatic heterocycles. The van der Waals surface area contributed by atoms with Crippen LogP contribution in [0.5, 0.6) is 0 Å². The van der Waals surface area contributed by atoms with Crippen molar-refractivity contribution in [3.8, 4) is 0 Å². The zero-order valence-corrected chi connectivity index (χ0v) is 14.1. The lowest BCUT2D eigenvalue weighted by Gasteiger charge is -2.12. The number of amides is 2. The Morgan fingerprint density at radius 2 is 1.68 bits per heavy atom. The van der Waals surface area contributed by atoms with E-state index < -0.39 is 11.9 Å². The van der Waals surface area contributed by atoms with Crippen LogP contribution in [0.2, 0.25) is 0 Å². The van der Waals surface area contributed by atoms with E-state index in [0.717, 1.165) is 5.56 Å². The van der Waals surface area contributed by atoms with Gasteiger partial charge in [-0.05, 0) is 23.5 Å². The standard InChI is InChI=1S/C15H23N3O2.C2H6/c1-10(2)12-5-3-11(4-6-12)9-18-15(20)13(16)7-8-14(17)19;1-2/h3-6,10,13H,7-9,16H2,1-2H3,(H2,17,19)(H,18,20);1-2H3. The first-order valence-corrected chi connectivity index (χ1v) is 7.80. The van der Waals surface area contributed by atoms with E-state index in [1.54, 1.807) is 0 Å². The molecule has 0 aliphatic heterocycles. The third-order valence-corrected chi connectivity index (χ3v) is 3.15. The second-order valence-corrected chi connectivity index (χ2v) is 5.23. The molecule has 0 saturated carbocycles. The van der Waals surface area contributed by atoms with Gasteiger partial charge in [-0.2, -0.15) is 0 Å². The van der Waals surface area contributed by atoms with Crippen LogP contribution in [0.15, 0.2) is 24.3 Å². The van der Waals surface area contributed by atoms with Crippen LogP contribution in [0.1, 0.15) is 57.6 Å². The first-order chi connectivity index (χ1) is 10.4. The van der Waals surface area contributed by atoms with E-state index in [-0.39, 0.29) is 18.7 Å². The second-order valence-electron chi connectivity index (χ2n) is 5.23. The monoisotopic (exact) mass is 307 g/mol. The number of primary amides is 1. The average molecular weight is 307 g/mol. The summed E-state index contributed by atoms with van der Waals surface area (Å²) >= 11 is 0. The van der Waals surface area contributed by atoms with Crippen molar-refractivity contribution in [2.45, 2.75) is 59.0 Å². The van der Waals surface area contributed by atoms with Crippen LogP contribution in [0.25, 0.3) is 0 Å². The first-order valence-electron chi connectivity index (χ1n) is 7.80. The quantitative estimate of drug-likeness (QED) is 0.719. The molecule has 0 radical (unpaired) electrons. The molecule has 2 amide bonds. The first kappa shape index (κ1) is 20.1. The maximum atomic E-state index is 11.7. The Morgan fingerprint density at radius 3 is 2.14 bits per heavy atom. The number of nitrogens with two attached hydrogens (primary N) is 2. The predicted molar refractivity (Wildman–Crippen MR) is 90.1 cm³/mol. The highest BCUT2D eigenvalue weighted by atomic mass is 16.2. The minimum Gasteiger partial charge on any atom is -0.370 e. The molecule has 1 rings (SSSR count). The van der Waals surface area contributed by atoms with Gasteiger partial charge in [-0.1, -0.05) is 52.0 Å². The van der Waals surface area contributed by atoms with Crippen molar-refractivity contribution in [1.82, 2.24) is 5.32 Å². The van der Waals surface area contributed by atoms with Gasteiger partial charge in [0.15, 0.2) is 0 Å². The molecule has 1 atom stereocenters. The van der Waals surface area contributed by atoms with Crippen LogP contribution in [0.4, 0.5) is 0 Å².